The fourth-order valence-electron chi connectivity index (χ4n) is 3.95. The van der Waals surface area contributed by atoms with Crippen LogP contribution in [0, 0.1) is 18.7 Å². The summed E-state index contributed by atoms with van der Waals surface area (Å²) in [5.74, 6) is 0.146. The number of hydrogen-bond donors (Lipinski definition) is 1. The molecule has 1 heterocycles. The Morgan fingerprint density at radius 1 is 1.42 bits per heavy atom. The first-order valence-electron chi connectivity index (χ1n) is 8.53. The Kier molecular flexibility index (Phi) is 4.11. The van der Waals surface area contributed by atoms with Gasteiger partial charge in [-0.05, 0) is 69.7 Å². The number of fused-ring (bicyclic) bond motifs is 1. The van der Waals surface area contributed by atoms with Crippen LogP contribution >= 0.6 is 0 Å². The molecule has 2 aliphatic rings. The van der Waals surface area contributed by atoms with Crippen molar-refractivity contribution in [2.45, 2.75) is 57.6 Å². The highest BCUT2D eigenvalue weighted by atomic mass is 19.1. The lowest BCUT2D eigenvalue weighted by Gasteiger charge is -2.39. The number of nitrogens with zero attached hydrogens (tertiary/aromatic N) is 1. The number of likely N-dealkylation sites (tertiary alicyclic amines) is 1. The van der Waals surface area contributed by atoms with Gasteiger partial charge in [0.15, 0.2) is 0 Å². The second kappa shape index (κ2) is 5.73. The Balaban J connectivity index is 1.87. The summed E-state index contributed by atoms with van der Waals surface area (Å²) in [6.45, 7) is 7.76. The van der Waals surface area contributed by atoms with Gasteiger partial charge in [-0.15, -0.1) is 0 Å². The summed E-state index contributed by atoms with van der Waals surface area (Å²) in [5.41, 5.74) is 1.06. The van der Waals surface area contributed by atoms with Gasteiger partial charge in [0.1, 0.15) is 11.4 Å². The number of rotatable bonds is 2. The topological polar surface area (TPSA) is 49.8 Å². The molecule has 1 aliphatic heterocycles. The molecule has 1 aromatic carbocycles. The number of carbonyl (C=O) groups is 1. The number of carbonyl (C=O) groups excluding carboxylic acids is 1. The smallest absolute Gasteiger partial charge is 0.410 e. The molecule has 2 fully saturated rings. The number of piperidine rings is 1. The van der Waals surface area contributed by atoms with E-state index in [0.717, 1.165) is 24.0 Å². The lowest BCUT2D eigenvalue weighted by molar-refractivity contribution is -0.00199. The molecular weight excluding hydrogens is 309 g/mol. The van der Waals surface area contributed by atoms with Crippen LogP contribution in [0.15, 0.2) is 18.2 Å². The molecule has 3 atom stereocenters. The fraction of sp³-hybridized carbons (Fsp3) is 0.632. The van der Waals surface area contributed by atoms with Crippen LogP contribution in [0.25, 0.3) is 0 Å². The lowest BCUT2D eigenvalue weighted by Crippen LogP contribution is -2.52. The number of halogens is 1. The first kappa shape index (κ1) is 17.2. The van der Waals surface area contributed by atoms with E-state index in [1.165, 1.54) is 6.07 Å². The number of ether oxygens (including phenoxy) is 1. The Labute approximate surface area is 142 Å². The zero-order valence-electron chi connectivity index (χ0n) is 14.8. The summed E-state index contributed by atoms with van der Waals surface area (Å²) in [7, 11) is 0. The molecule has 1 amide bonds. The van der Waals surface area contributed by atoms with Crippen LogP contribution in [0.1, 0.15) is 44.7 Å². The SMILES string of the molecule is Cc1cc(F)cc([C@]23CC2CC(CO)N(C(=O)OC(C)(C)C)C3)c1. The van der Waals surface area contributed by atoms with Gasteiger partial charge in [-0.1, -0.05) is 6.07 Å². The zero-order chi connectivity index (χ0) is 17.7. The fourth-order valence-corrected chi connectivity index (χ4v) is 3.95. The van der Waals surface area contributed by atoms with Crippen LogP contribution in [-0.4, -0.2) is 40.9 Å². The van der Waals surface area contributed by atoms with Crippen molar-refractivity contribution >= 4 is 6.09 Å². The van der Waals surface area contributed by atoms with Gasteiger partial charge < -0.3 is 14.7 Å². The minimum atomic E-state index is -0.583. The summed E-state index contributed by atoms with van der Waals surface area (Å²) >= 11 is 0. The minimum Gasteiger partial charge on any atom is -0.444 e. The van der Waals surface area contributed by atoms with Crippen molar-refractivity contribution in [2.24, 2.45) is 5.92 Å². The third kappa shape index (κ3) is 3.14. The molecule has 0 spiro atoms. The Hall–Kier alpha value is -1.62. The molecule has 4 nitrogen and oxygen atoms in total. The maximum absolute atomic E-state index is 13.8. The number of aliphatic hydroxyl groups excluding tert-OH is 1. The summed E-state index contributed by atoms with van der Waals surface area (Å²) in [6.07, 6.45) is 1.25. The van der Waals surface area contributed by atoms with E-state index in [1.807, 2.05) is 33.8 Å². The molecule has 1 aliphatic carbocycles. The van der Waals surface area contributed by atoms with Gasteiger partial charge in [-0.2, -0.15) is 0 Å². The molecular formula is C19H26FNO3. The third-order valence-corrected chi connectivity index (χ3v) is 5.14. The highest BCUT2D eigenvalue weighted by Crippen LogP contribution is 2.60. The molecule has 0 radical (unpaired) electrons. The first-order chi connectivity index (χ1) is 11.1. The van der Waals surface area contributed by atoms with E-state index in [9.17, 15) is 14.3 Å². The third-order valence-electron chi connectivity index (χ3n) is 5.14. The van der Waals surface area contributed by atoms with Crippen molar-refractivity contribution in [3.05, 3.63) is 35.1 Å². The largest absolute Gasteiger partial charge is 0.444 e. The molecule has 2 unspecified atom stereocenters. The second-order valence-electron chi connectivity index (χ2n) is 8.25. The Morgan fingerprint density at radius 3 is 2.71 bits per heavy atom. The summed E-state index contributed by atoms with van der Waals surface area (Å²) < 4.78 is 19.4. The number of aliphatic hydroxyl groups is 1. The van der Waals surface area contributed by atoms with E-state index in [-0.39, 0.29) is 23.9 Å². The number of hydrogen-bond acceptors (Lipinski definition) is 3. The van der Waals surface area contributed by atoms with Crippen molar-refractivity contribution in [3.8, 4) is 0 Å². The van der Waals surface area contributed by atoms with Crippen molar-refractivity contribution in [1.82, 2.24) is 4.90 Å². The first-order valence-corrected chi connectivity index (χ1v) is 8.53. The molecule has 3 rings (SSSR count). The van der Waals surface area contributed by atoms with Crippen LogP contribution in [0.5, 0.6) is 0 Å². The number of aryl methyl sites for hydroxylation is 1. The molecule has 5 heteroatoms. The Morgan fingerprint density at radius 2 is 2.12 bits per heavy atom. The van der Waals surface area contributed by atoms with Crippen LogP contribution in [0.4, 0.5) is 9.18 Å². The molecule has 0 bridgehead atoms. The zero-order valence-corrected chi connectivity index (χ0v) is 14.8. The molecule has 0 aromatic heterocycles. The van der Waals surface area contributed by atoms with Crippen molar-refractivity contribution in [2.75, 3.05) is 13.2 Å². The van der Waals surface area contributed by atoms with Crippen molar-refractivity contribution < 1.29 is 19.0 Å². The van der Waals surface area contributed by atoms with Gasteiger partial charge in [-0.3, -0.25) is 0 Å². The van der Waals surface area contributed by atoms with Crippen LogP contribution < -0.4 is 0 Å². The van der Waals surface area contributed by atoms with Gasteiger partial charge in [-0.25, -0.2) is 9.18 Å². The molecule has 132 valence electrons. The van der Waals surface area contributed by atoms with Crippen molar-refractivity contribution in [3.63, 3.8) is 0 Å². The highest BCUT2D eigenvalue weighted by Gasteiger charge is 2.61. The number of benzene rings is 1. The van der Waals surface area contributed by atoms with Gasteiger partial charge in [0.25, 0.3) is 0 Å². The predicted molar refractivity (Wildman–Crippen MR) is 89.4 cm³/mol. The summed E-state index contributed by atoms with van der Waals surface area (Å²) in [5, 5.41) is 9.68. The monoisotopic (exact) mass is 335 g/mol. The van der Waals surface area contributed by atoms with E-state index in [0.29, 0.717) is 12.5 Å². The summed E-state index contributed by atoms with van der Waals surface area (Å²) in [4.78, 5) is 14.2. The van der Waals surface area contributed by atoms with Crippen LogP contribution in [0.2, 0.25) is 0 Å². The molecule has 1 saturated carbocycles. The van der Waals surface area contributed by atoms with Gasteiger partial charge in [0.2, 0.25) is 0 Å². The van der Waals surface area contributed by atoms with E-state index in [1.54, 1.807) is 11.0 Å². The van der Waals surface area contributed by atoms with E-state index in [4.69, 9.17) is 4.74 Å². The predicted octanol–water partition coefficient (Wildman–Crippen LogP) is 3.39. The standard InChI is InChI=1S/C19H26FNO3/c1-12-5-13(7-15(20)6-12)19-9-14(19)8-16(10-22)21(11-19)17(23)24-18(2,3)4/h5-7,14,16,22H,8-11H2,1-4H3/t14?,16?,19-/m1/s1. The molecule has 24 heavy (non-hydrogen) atoms. The molecule has 1 N–H and O–H groups in total. The second-order valence-corrected chi connectivity index (χ2v) is 8.25. The van der Waals surface area contributed by atoms with E-state index >= 15 is 0 Å². The number of amides is 1. The van der Waals surface area contributed by atoms with Crippen LogP contribution in [0.3, 0.4) is 0 Å². The van der Waals surface area contributed by atoms with Gasteiger partial charge >= 0.3 is 6.09 Å². The normalized spacial score (nSPS) is 29.2. The van der Waals surface area contributed by atoms with Gasteiger partial charge in [0, 0.05) is 12.0 Å². The summed E-state index contributed by atoms with van der Waals surface area (Å²) in [6, 6.07) is 4.88. The lowest BCUT2D eigenvalue weighted by atomic mass is 9.86. The van der Waals surface area contributed by atoms with E-state index < -0.39 is 11.7 Å². The highest BCUT2D eigenvalue weighted by molar-refractivity contribution is 5.69. The van der Waals surface area contributed by atoms with Crippen molar-refractivity contribution in [1.29, 1.82) is 0 Å². The average molecular weight is 335 g/mol. The quantitative estimate of drug-likeness (QED) is 0.901. The molecule has 1 aromatic rings. The average Bonchev–Trinajstić information content (AvgIpc) is 3.17. The maximum Gasteiger partial charge on any atom is 0.410 e. The van der Waals surface area contributed by atoms with E-state index in [2.05, 4.69) is 0 Å². The Bertz CT molecular complexity index is 634. The maximum atomic E-state index is 13.8. The van der Waals surface area contributed by atoms with Crippen LogP contribution in [-0.2, 0) is 10.2 Å². The van der Waals surface area contributed by atoms with Gasteiger partial charge in [0.05, 0.1) is 12.6 Å². The molecule has 1 saturated heterocycles. The minimum absolute atomic E-state index is 0.0754.